The zero-order chi connectivity index (χ0) is 14.5. The number of nitriles is 1. The molecule has 0 aliphatic heterocycles. The van der Waals surface area contributed by atoms with Crippen molar-refractivity contribution in [2.45, 2.75) is 6.54 Å². The van der Waals surface area contributed by atoms with Gasteiger partial charge < -0.3 is 10.1 Å². The Morgan fingerprint density at radius 1 is 1.30 bits per heavy atom. The van der Waals surface area contributed by atoms with Gasteiger partial charge in [0.15, 0.2) is 0 Å². The van der Waals surface area contributed by atoms with Crippen molar-refractivity contribution in [3.8, 4) is 11.8 Å². The Labute approximate surface area is 121 Å². The zero-order valence-corrected chi connectivity index (χ0v) is 11.5. The number of nitrogens with zero attached hydrogens (tertiary/aromatic N) is 1. The molecule has 5 heteroatoms. The monoisotopic (exact) mass is 290 g/mol. The summed E-state index contributed by atoms with van der Waals surface area (Å²) in [5.74, 6) is 0.221. The Kier molecular flexibility index (Phi) is 4.44. The van der Waals surface area contributed by atoms with Gasteiger partial charge >= 0.3 is 0 Å². The lowest BCUT2D eigenvalue weighted by Crippen LogP contribution is -2.03. The van der Waals surface area contributed by atoms with E-state index >= 15 is 0 Å². The van der Waals surface area contributed by atoms with Crippen molar-refractivity contribution in [2.24, 2.45) is 0 Å². The summed E-state index contributed by atoms with van der Waals surface area (Å²) in [7, 11) is 1.55. The smallest absolute Gasteiger partial charge is 0.147 e. The maximum Gasteiger partial charge on any atom is 0.147 e. The van der Waals surface area contributed by atoms with Gasteiger partial charge in [-0.05, 0) is 36.4 Å². The first-order valence-electron chi connectivity index (χ1n) is 5.90. The molecule has 1 N–H and O–H groups in total. The van der Waals surface area contributed by atoms with Crippen molar-refractivity contribution in [1.82, 2.24) is 0 Å². The van der Waals surface area contributed by atoms with E-state index in [1.807, 2.05) is 0 Å². The summed E-state index contributed by atoms with van der Waals surface area (Å²) >= 11 is 5.70. The number of hydrogen-bond donors (Lipinski definition) is 1. The molecule has 3 nitrogen and oxygen atoms in total. The Bertz CT molecular complexity index is 667. The highest BCUT2D eigenvalue weighted by Crippen LogP contribution is 2.23. The number of benzene rings is 2. The zero-order valence-electron chi connectivity index (χ0n) is 10.8. The minimum Gasteiger partial charge on any atom is -0.496 e. The van der Waals surface area contributed by atoms with Crippen LogP contribution in [0.15, 0.2) is 36.4 Å². The van der Waals surface area contributed by atoms with Crippen molar-refractivity contribution in [3.05, 3.63) is 58.4 Å². The molecule has 0 aromatic heterocycles. The molecule has 102 valence electrons. The molecule has 0 heterocycles. The molecular weight excluding hydrogens is 279 g/mol. The molecule has 0 fully saturated rings. The normalized spacial score (nSPS) is 9.90. The molecule has 2 aromatic carbocycles. The van der Waals surface area contributed by atoms with Crippen molar-refractivity contribution in [2.75, 3.05) is 12.4 Å². The van der Waals surface area contributed by atoms with Gasteiger partial charge in [0.25, 0.3) is 0 Å². The summed E-state index contributed by atoms with van der Waals surface area (Å²) in [6, 6.07) is 11.6. The molecule has 0 radical (unpaired) electrons. The number of rotatable bonds is 4. The van der Waals surface area contributed by atoms with Crippen LogP contribution in [0.3, 0.4) is 0 Å². The molecule has 0 aliphatic carbocycles. The van der Waals surface area contributed by atoms with Crippen LogP contribution in [0.4, 0.5) is 10.1 Å². The van der Waals surface area contributed by atoms with Gasteiger partial charge in [-0.25, -0.2) is 4.39 Å². The molecule has 2 rings (SSSR count). The standard InChI is InChI=1S/C15H12ClFN2O/c1-20-15-5-2-10(8-18)6-11(15)9-19-14-4-3-12(16)7-13(14)17/h2-7,19H,9H2,1H3. The largest absolute Gasteiger partial charge is 0.496 e. The van der Waals surface area contributed by atoms with Gasteiger partial charge in [-0.2, -0.15) is 5.26 Å². The SMILES string of the molecule is COc1ccc(C#N)cc1CNc1ccc(Cl)cc1F. The lowest BCUT2D eigenvalue weighted by Gasteiger charge is -2.11. The van der Waals surface area contributed by atoms with E-state index in [0.29, 0.717) is 28.6 Å². The number of hydrogen-bond acceptors (Lipinski definition) is 3. The van der Waals surface area contributed by atoms with E-state index < -0.39 is 5.82 Å². The Morgan fingerprint density at radius 2 is 2.10 bits per heavy atom. The third-order valence-corrected chi connectivity index (χ3v) is 3.05. The molecule has 0 atom stereocenters. The maximum absolute atomic E-state index is 13.7. The Balaban J connectivity index is 2.20. The minimum atomic E-state index is -0.423. The highest BCUT2D eigenvalue weighted by atomic mass is 35.5. The molecule has 0 aliphatic rings. The van der Waals surface area contributed by atoms with Gasteiger partial charge in [0.1, 0.15) is 11.6 Å². The fourth-order valence-corrected chi connectivity index (χ4v) is 1.97. The molecular formula is C15H12ClFN2O. The molecule has 0 bridgehead atoms. The predicted molar refractivity (Wildman–Crippen MR) is 76.4 cm³/mol. The van der Waals surface area contributed by atoms with E-state index in [1.54, 1.807) is 37.4 Å². The average Bonchev–Trinajstić information content (AvgIpc) is 2.46. The minimum absolute atomic E-state index is 0.344. The second-order valence-electron chi connectivity index (χ2n) is 4.12. The number of methoxy groups -OCH3 is 1. The van der Waals surface area contributed by atoms with Crippen molar-refractivity contribution >= 4 is 17.3 Å². The van der Waals surface area contributed by atoms with Crippen LogP contribution >= 0.6 is 11.6 Å². The number of anilines is 1. The average molecular weight is 291 g/mol. The summed E-state index contributed by atoms with van der Waals surface area (Å²) in [6.45, 7) is 0.344. The second kappa shape index (κ2) is 6.27. The molecule has 20 heavy (non-hydrogen) atoms. The van der Waals surface area contributed by atoms with Crippen molar-refractivity contribution < 1.29 is 9.13 Å². The lowest BCUT2D eigenvalue weighted by molar-refractivity contribution is 0.410. The molecule has 0 saturated carbocycles. The summed E-state index contributed by atoms with van der Waals surface area (Å²) in [6.07, 6.45) is 0. The summed E-state index contributed by atoms with van der Waals surface area (Å²) in [5.41, 5.74) is 1.65. The molecule has 2 aromatic rings. The predicted octanol–water partition coefficient (Wildman–Crippen LogP) is 3.97. The topological polar surface area (TPSA) is 45.0 Å². The van der Waals surface area contributed by atoms with E-state index in [9.17, 15) is 4.39 Å². The molecule has 0 amide bonds. The highest BCUT2D eigenvalue weighted by molar-refractivity contribution is 6.30. The van der Waals surface area contributed by atoms with E-state index in [2.05, 4.69) is 11.4 Å². The van der Waals surface area contributed by atoms with Gasteiger partial charge in [-0.15, -0.1) is 0 Å². The van der Waals surface area contributed by atoms with E-state index in [1.165, 1.54) is 6.07 Å². The lowest BCUT2D eigenvalue weighted by atomic mass is 10.1. The van der Waals surface area contributed by atoms with Crippen LogP contribution in [0.2, 0.25) is 5.02 Å². The first-order valence-corrected chi connectivity index (χ1v) is 6.28. The number of ether oxygens (including phenoxy) is 1. The Morgan fingerprint density at radius 3 is 2.75 bits per heavy atom. The maximum atomic E-state index is 13.7. The number of nitrogens with one attached hydrogen (secondary N) is 1. The first-order chi connectivity index (χ1) is 9.63. The number of halogens is 2. The molecule has 0 saturated heterocycles. The van der Waals surface area contributed by atoms with Crippen LogP contribution in [0.1, 0.15) is 11.1 Å². The fourth-order valence-electron chi connectivity index (χ4n) is 1.81. The molecule has 0 unspecified atom stereocenters. The van der Waals surface area contributed by atoms with Crippen molar-refractivity contribution in [1.29, 1.82) is 5.26 Å². The third-order valence-electron chi connectivity index (χ3n) is 2.81. The van der Waals surface area contributed by atoms with E-state index in [0.717, 1.165) is 5.56 Å². The van der Waals surface area contributed by atoms with Crippen LogP contribution in [0, 0.1) is 17.1 Å². The quantitative estimate of drug-likeness (QED) is 0.926. The first kappa shape index (κ1) is 14.2. The fraction of sp³-hybridized carbons (Fsp3) is 0.133. The van der Waals surface area contributed by atoms with Crippen LogP contribution in [-0.4, -0.2) is 7.11 Å². The van der Waals surface area contributed by atoms with Crippen LogP contribution in [0.25, 0.3) is 0 Å². The van der Waals surface area contributed by atoms with Gasteiger partial charge in [0.05, 0.1) is 24.4 Å². The van der Waals surface area contributed by atoms with E-state index in [4.69, 9.17) is 21.6 Å². The van der Waals surface area contributed by atoms with Gasteiger partial charge in [-0.1, -0.05) is 11.6 Å². The van der Waals surface area contributed by atoms with Crippen LogP contribution in [0.5, 0.6) is 5.75 Å². The van der Waals surface area contributed by atoms with E-state index in [-0.39, 0.29) is 0 Å². The summed E-state index contributed by atoms with van der Waals surface area (Å²) < 4.78 is 18.9. The molecule has 0 spiro atoms. The summed E-state index contributed by atoms with van der Waals surface area (Å²) in [5, 5.41) is 12.2. The van der Waals surface area contributed by atoms with Gasteiger partial charge in [-0.3, -0.25) is 0 Å². The second-order valence-corrected chi connectivity index (χ2v) is 4.55. The highest BCUT2D eigenvalue weighted by Gasteiger charge is 2.07. The Hall–Kier alpha value is -2.25. The van der Waals surface area contributed by atoms with Crippen LogP contribution in [-0.2, 0) is 6.54 Å². The van der Waals surface area contributed by atoms with Gasteiger partial charge in [0.2, 0.25) is 0 Å². The van der Waals surface area contributed by atoms with Gasteiger partial charge in [0, 0.05) is 17.1 Å². The van der Waals surface area contributed by atoms with Crippen LogP contribution < -0.4 is 10.1 Å². The summed E-state index contributed by atoms with van der Waals surface area (Å²) in [4.78, 5) is 0. The van der Waals surface area contributed by atoms with Crippen molar-refractivity contribution in [3.63, 3.8) is 0 Å². The third kappa shape index (κ3) is 3.19.